The number of nitrogens with zero attached hydrogens (tertiary/aromatic N) is 3. The Labute approximate surface area is 127 Å². The molecule has 0 spiro atoms. The van der Waals surface area contributed by atoms with Crippen LogP contribution in [0.5, 0.6) is 0 Å². The molecule has 2 aromatic rings. The minimum atomic E-state index is -0.471. The lowest BCUT2D eigenvalue weighted by Crippen LogP contribution is -2.16. The molecular formula is C16H15FN4O. The fraction of sp³-hybridized carbons (Fsp3) is 0.188. The van der Waals surface area contributed by atoms with E-state index in [2.05, 4.69) is 10.5 Å². The van der Waals surface area contributed by atoms with Crippen LogP contribution in [0.2, 0.25) is 0 Å². The lowest BCUT2D eigenvalue weighted by atomic mass is 10.2. The highest BCUT2D eigenvalue weighted by Crippen LogP contribution is 2.21. The van der Waals surface area contributed by atoms with E-state index in [4.69, 9.17) is 5.26 Å². The maximum absolute atomic E-state index is 13.9. The number of aryl methyl sites for hydroxylation is 1. The Morgan fingerprint density at radius 3 is 2.86 bits per heavy atom. The Morgan fingerprint density at radius 1 is 1.45 bits per heavy atom. The van der Waals surface area contributed by atoms with Gasteiger partial charge in [0.15, 0.2) is 0 Å². The van der Waals surface area contributed by atoms with Crippen molar-refractivity contribution in [1.29, 1.82) is 5.26 Å². The van der Waals surface area contributed by atoms with Crippen molar-refractivity contribution in [3.8, 4) is 11.8 Å². The fourth-order valence-electron chi connectivity index (χ4n) is 2.21. The number of carbonyl (C=O) groups excluding carboxylic acids is 1. The predicted molar refractivity (Wildman–Crippen MR) is 81.2 cm³/mol. The van der Waals surface area contributed by atoms with Gasteiger partial charge in [-0.3, -0.25) is 4.79 Å². The molecule has 0 aliphatic rings. The van der Waals surface area contributed by atoms with Gasteiger partial charge in [-0.2, -0.15) is 10.4 Å². The number of hydrazone groups is 1. The molecule has 6 heteroatoms. The number of para-hydroxylation sites is 1. The SMILES string of the molecule is Cc1cc(/C=N\NC(=O)CC#N)c(C)n1-c1ccccc1F. The maximum Gasteiger partial charge on any atom is 0.254 e. The van der Waals surface area contributed by atoms with Gasteiger partial charge < -0.3 is 4.57 Å². The van der Waals surface area contributed by atoms with Crippen molar-refractivity contribution >= 4 is 12.1 Å². The third kappa shape index (κ3) is 3.20. The van der Waals surface area contributed by atoms with Crippen molar-refractivity contribution < 1.29 is 9.18 Å². The van der Waals surface area contributed by atoms with Crippen LogP contribution < -0.4 is 5.43 Å². The van der Waals surface area contributed by atoms with Gasteiger partial charge in [-0.25, -0.2) is 9.82 Å². The van der Waals surface area contributed by atoms with Gasteiger partial charge in [-0.1, -0.05) is 12.1 Å². The first-order chi connectivity index (χ1) is 10.5. The van der Waals surface area contributed by atoms with Crippen LogP contribution >= 0.6 is 0 Å². The molecule has 112 valence electrons. The van der Waals surface area contributed by atoms with Crippen molar-refractivity contribution in [3.63, 3.8) is 0 Å². The summed E-state index contributed by atoms with van der Waals surface area (Å²) < 4.78 is 15.7. The van der Waals surface area contributed by atoms with Crippen LogP contribution in [0.25, 0.3) is 5.69 Å². The highest BCUT2D eigenvalue weighted by atomic mass is 19.1. The first-order valence-corrected chi connectivity index (χ1v) is 6.67. The van der Waals surface area contributed by atoms with E-state index < -0.39 is 5.91 Å². The van der Waals surface area contributed by atoms with Crippen molar-refractivity contribution in [2.45, 2.75) is 20.3 Å². The number of benzene rings is 1. The van der Waals surface area contributed by atoms with Crippen LogP contribution in [-0.2, 0) is 4.79 Å². The topological polar surface area (TPSA) is 70.2 Å². The van der Waals surface area contributed by atoms with E-state index in [9.17, 15) is 9.18 Å². The Hall–Kier alpha value is -2.94. The molecule has 1 heterocycles. The van der Waals surface area contributed by atoms with E-state index in [-0.39, 0.29) is 12.2 Å². The summed E-state index contributed by atoms with van der Waals surface area (Å²) in [4.78, 5) is 11.2. The largest absolute Gasteiger partial charge is 0.315 e. The van der Waals surface area contributed by atoms with Crippen LogP contribution in [0.4, 0.5) is 4.39 Å². The van der Waals surface area contributed by atoms with Crippen molar-refractivity contribution in [2.24, 2.45) is 5.10 Å². The molecule has 0 unspecified atom stereocenters. The molecule has 5 nitrogen and oxygen atoms in total. The number of hydrogen-bond donors (Lipinski definition) is 1. The molecule has 0 fully saturated rings. The molecule has 0 radical (unpaired) electrons. The molecule has 0 saturated heterocycles. The van der Waals surface area contributed by atoms with Crippen molar-refractivity contribution in [2.75, 3.05) is 0 Å². The van der Waals surface area contributed by atoms with Gasteiger partial charge in [0.2, 0.25) is 0 Å². The number of hydrogen-bond acceptors (Lipinski definition) is 3. The Bertz CT molecular complexity index is 771. The van der Waals surface area contributed by atoms with Gasteiger partial charge in [-0.05, 0) is 32.0 Å². The lowest BCUT2D eigenvalue weighted by Gasteiger charge is -2.10. The number of nitriles is 1. The molecule has 1 aromatic carbocycles. The first-order valence-electron chi connectivity index (χ1n) is 6.67. The molecule has 1 aromatic heterocycles. The standard InChI is InChI=1S/C16H15FN4O/c1-11-9-13(10-19-20-16(22)7-8-18)12(2)21(11)15-6-4-3-5-14(15)17/h3-6,9-10H,7H2,1-2H3,(H,20,22)/b19-10-. The fourth-order valence-corrected chi connectivity index (χ4v) is 2.21. The quantitative estimate of drug-likeness (QED) is 0.696. The molecule has 0 aliphatic heterocycles. The summed E-state index contributed by atoms with van der Waals surface area (Å²) in [6, 6.07) is 10.1. The second kappa shape index (κ2) is 6.68. The molecule has 0 saturated carbocycles. The van der Waals surface area contributed by atoms with E-state index in [1.54, 1.807) is 28.8 Å². The Balaban J connectivity index is 2.29. The highest BCUT2D eigenvalue weighted by Gasteiger charge is 2.12. The van der Waals surface area contributed by atoms with Gasteiger partial charge in [0.1, 0.15) is 12.2 Å². The van der Waals surface area contributed by atoms with E-state index in [0.29, 0.717) is 5.69 Å². The zero-order chi connectivity index (χ0) is 16.1. The number of rotatable bonds is 4. The van der Waals surface area contributed by atoms with E-state index in [1.807, 2.05) is 19.9 Å². The van der Waals surface area contributed by atoms with Crippen LogP contribution in [0.3, 0.4) is 0 Å². The number of carbonyl (C=O) groups is 1. The highest BCUT2D eigenvalue weighted by molar-refractivity contribution is 5.84. The monoisotopic (exact) mass is 298 g/mol. The number of aromatic nitrogens is 1. The normalized spacial score (nSPS) is 10.6. The average Bonchev–Trinajstić information content (AvgIpc) is 2.75. The minimum absolute atomic E-state index is 0.244. The van der Waals surface area contributed by atoms with Gasteiger partial charge in [0.05, 0.1) is 18.0 Å². The van der Waals surface area contributed by atoms with Crippen LogP contribution in [0.1, 0.15) is 23.4 Å². The van der Waals surface area contributed by atoms with E-state index in [0.717, 1.165) is 17.0 Å². The first kappa shape index (κ1) is 15.4. The Morgan fingerprint density at radius 2 is 2.18 bits per heavy atom. The summed E-state index contributed by atoms with van der Waals surface area (Å²) in [5.41, 5.74) is 5.15. The smallest absolute Gasteiger partial charge is 0.254 e. The Kier molecular flexibility index (Phi) is 4.69. The van der Waals surface area contributed by atoms with Crippen LogP contribution in [-0.4, -0.2) is 16.7 Å². The summed E-state index contributed by atoms with van der Waals surface area (Å²) in [5.74, 6) is -0.781. The summed E-state index contributed by atoms with van der Waals surface area (Å²) in [7, 11) is 0. The number of nitrogens with one attached hydrogen (secondary N) is 1. The van der Waals surface area contributed by atoms with Gasteiger partial charge in [0.25, 0.3) is 5.91 Å². The van der Waals surface area contributed by atoms with Crippen molar-refractivity contribution in [3.05, 3.63) is 53.1 Å². The van der Waals surface area contributed by atoms with Gasteiger partial charge in [-0.15, -0.1) is 0 Å². The summed E-state index contributed by atoms with van der Waals surface area (Å²) >= 11 is 0. The molecular weight excluding hydrogens is 283 g/mol. The molecule has 1 amide bonds. The molecule has 0 bridgehead atoms. The van der Waals surface area contributed by atoms with Crippen molar-refractivity contribution in [1.82, 2.24) is 9.99 Å². The zero-order valence-corrected chi connectivity index (χ0v) is 12.3. The van der Waals surface area contributed by atoms with Gasteiger partial charge in [0, 0.05) is 17.0 Å². The predicted octanol–water partition coefficient (Wildman–Crippen LogP) is 2.60. The number of halogens is 1. The summed E-state index contributed by atoms with van der Waals surface area (Å²) in [6.07, 6.45) is 1.24. The third-order valence-corrected chi connectivity index (χ3v) is 3.20. The molecule has 0 aliphatic carbocycles. The average molecular weight is 298 g/mol. The summed E-state index contributed by atoms with van der Waals surface area (Å²) in [5, 5.41) is 12.2. The van der Waals surface area contributed by atoms with Crippen LogP contribution in [0, 0.1) is 31.0 Å². The van der Waals surface area contributed by atoms with E-state index in [1.165, 1.54) is 12.3 Å². The van der Waals surface area contributed by atoms with Gasteiger partial charge >= 0.3 is 0 Å². The van der Waals surface area contributed by atoms with Crippen LogP contribution in [0.15, 0.2) is 35.4 Å². The molecule has 0 atom stereocenters. The zero-order valence-electron chi connectivity index (χ0n) is 12.3. The molecule has 1 N–H and O–H groups in total. The second-order valence-corrected chi connectivity index (χ2v) is 4.74. The molecule has 2 rings (SSSR count). The minimum Gasteiger partial charge on any atom is -0.315 e. The number of amides is 1. The van der Waals surface area contributed by atoms with E-state index >= 15 is 0 Å². The third-order valence-electron chi connectivity index (χ3n) is 3.20. The molecule has 22 heavy (non-hydrogen) atoms. The second-order valence-electron chi connectivity index (χ2n) is 4.74. The summed E-state index contributed by atoms with van der Waals surface area (Å²) in [6.45, 7) is 3.71. The lowest BCUT2D eigenvalue weighted by molar-refractivity contribution is -0.120. The maximum atomic E-state index is 13.9.